The molecule has 0 radical (unpaired) electrons. The summed E-state index contributed by atoms with van der Waals surface area (Å²) >= 11 is 0. The third-order valence-corrected chi connectivity index (χ3v) is 4.30. The lowest BCUT2D eigenvalue weighted by Gasteiger charge is -2.13. The van der Waals surface area contributed by atoms with Gasteiger partial charge in [0.15, 0.2) is 0 Å². The highest BCUT2D eigenvalue weighted by atomic mass is 16.4. The number of fused-ring (bicyclic) bond motifs is 1. The average molecular weight is 357 g/mol. The first-order chi connectivity index (χ1) is 12.5. The Morgan fingerprint density at radius 1 is 1.15 bits per heavy atom. The van der Waals surface area contributed by atoms with Crippen LogP contribution < -0.4 is 21.3 Å². The number of nitrogens with one attached hydrogen (secondary N) is 2. The Bertz CT molecular complexity index is 930. The monoisotopic (exact) mass is 357 g/mol. The molecule has 1 aromatic carbocycles. The number of carbonyl (C=O) groups is 3. The van der Waals surface area contributed by atoms with Gasteiger partial charge in [-0.2, -0.15) is 5.10 Å². The van der Waals surface area contributed by atoms with Crippen molar-refractivity contribution in [1.29, 1.82) is 0 Å². The quantitative estimate of drug-likeness (QED) is 0.760. The van der Waals surface area contributed by atoms with Crippen LogP contribution in [-0.2, 0) is 11.3 Å². The van der Waals surface area contributed by atoms with Crippen LogP contribution in [0, 0.1) is 0 Å². The van der Waals surface area contributed by atoms with E-state index in [1.807, 2.05) is 0 Å². The smallest absolute Gasteiger partial charge is 0.321 e. The van der Waals surface area contributed by atoms with E-state index in [4.69, 9.17) is 0 Å². The van der Waals surface area contributed by atoms with Gasteiger partial charge in [0.2, 0.25) is 5.91 Å². The predicted octanol–water partition coefficient (Wildman–Crippen LogP) is -0.472. The van der Waals surface area contributed by atoms with Crippen LogP contribution in [0.4, 0.5) is 4.79 Å². The van der Waals surface area contributed by atoms with E-state index >= 15 is 0 Å². The Balaban J connectivity index is 1.78. The van der Waals surface area contributed by atoms with Crippen LogP contribution in [0.15, 0.2) is 29.1 Å². The summed E-state index contributed by atoms with van der Waals surface area (Å²) < 4.78 is 0.714. The van der Waals surface area contributed by atoms with E-state index in [1.54, 1.807) is 12.1 Å². The summed E-state index contributed by atoms with van der Waals surface area (Å²) in [7, 11) is 0. The van der Waals surface area contributed by atoms with E-state index in [2.05, 4.69) is 15.7 Å². The molecule has 1 aromatic heterocycles. The summed E-state index contributed by atoms with van der Waals surface area (Å²) in [5.74, 6) is -2.33. The van der Waals surface area contributed by atoms with E-state index in [1.165, 1.54) is 12.1 Å². The van der Waals surface area contributed by atoms with Crippen molar-refractivity contribution in [2.45, 2.75) is 38.3 Å². The predicted molar refractivity (Wildman–Crippen MR) is 89.3 cm³/mol. The molecule has 1 heterocycles. The summed E-state index contributed by atoms with van der Waals surface area (Å²) in [5, 5.41) is 20.0. The zero-order chi connectivity index (χ0) is 18.7. The number of aromatic nitrogens is 2. The Labute approximate surface area is 148 Å². The maximum atomic E-state index is 12.4. The number of carbonyl (C=O) groups excluding carboxylic acids is 3. The normalized spacial score (nSPS) is 14.3. The Hall–Kier alpha value is -3.23. The number of carboxylic acid groups (broad SMARTS) is 1. The van der Waals surface area contributed by atoms with Gasteiger partial charge in [-0.25, -0.2) is 9.48 Å². The van der Waals surface area contributed by atoms with Crippen LogP contribution in [0.3, 0.4) is 0 Å². The number of benzene rings is 1. The third kappa shape index (κ3) is 3.71. The molecule has 1 aliphatic carbocycles. The van der Waals surface area contributed by atoms with Gasteiger partial charge >= 0.3 is 6.03 Å². The van der Waals surface area contributed by atoms with Gasteiger partial charge in [0, 0.05) is 11.4 Å². The van der Waals surface area contributed by atoms with Crippen LogP contribution >= 0.6 is 0 Å². The molecular weight excluding hydrogens is 340 g/mol. The second-order valence-electron chi connectivity index (χ2n) is 6.15. The molecule has 9 nitrogen and oxygen atoms in total. The van der Waals surface area contributed by atoms with Gasteiger partial charge in [0.25, 0.3) is 5.56 Å². The van der Waals surface area contributed by atoms with Crippen molar-refractivity contribution in [3.63, 3.8) is 0 Å². The van der Waals surface area contributed by atoms with Crippen molar-refractivity contribution in [3.8, 4) is 0 Å². The molecule has 1 saturated carbocycles. The first kappa shape index (κ1) is 17.6. The fourth-order valence-electron chi connectivity index (χ4n) is 3.09. The van der Waals surface area contributed by atoms with Crippen molar-refractivity contribution in [1.82, 2.24) is 20.4 Å². The molecule has 0 saturated heterocycles. The number of urea groups is 1. The van der Waals surface area contributed by atoms with Crippen molar-refractivity contribution >= 4 is 28.7 Å². The largest absolute Gasteiger partial charge is 0.543 e. The van der Waals surface area contributed by atoms with Gasteiger partial charge in [-0.3, -0.25) is 14.9 Å². The summed E-state index contributed by atoms with van der Waals surface area (Å²) in [6.45, 7) is -0.581. The summed E-state index contributed by atoms with van der Waals surface area (Å²) in [6, 6.07) is 5.41. The number of imide groups is 1. The van der Waals surface area contributed by atoms with E-state index in [0.29, 0.717) is 4.68 Å². The highest BCUT2D eigenvalue weighted by Crippen LogP contribution is 2.17. The number of amides is 3. The number of hydrogen-bond donors (Lipinski definition) is 2. The molecule has 9 heteroatoms. The van der Waals surface area contributed by atoms with Gasteiger partial charge in [-0.1, -0.05) is 31.0 Å². The standard InChI is InChI=1S/C17H18N4O5/c22-13(19-17(26)18-10-5-1-2-6-10)9-21-15(23)12-8-4-3-7-11(12)14(20-21)16(24)25/h3-4,7-8,10H,1-2,5-6,9H2,(H,24,25)(H2,18,19,22,26)/p-1. The first-order valence-corrected chi connectivity index (χ1v) is 8.27. The van der Waals surface area contributed by atoms with Crippen molar-refractivity contribution in [2.75, 3.05) is 0 Å². The number of carboxylic acids is 1. The second kappa shape index (κ2) is 7.34. The van der Waals surface area contributed by atoms with E-state index in [-0.39, 0.29) is 16.8 Å². The van der Waals surface area contributed by atoms with Crippen LogP contribution in [0.2, 0.25) is 0 Å². The van der Waals surface area contributed by atoms with Gasteiger partial charge in [-0.15, -0.1) is 0 Å². The zero-order valence-electron chi connectivity index (χ0n) is 13.9. The lowest BCUT2D eigenvalue weighted by atomic mass is 10.1. The maximum absolute atomic E-state index is 12.4. The Morgan fingerprint density at radius 3 is 2.46 bits per heavy atom. The highest BCUT2D eigenvalue weighted by Gasteiger charge is 2.19. The van der Waals surface area contributed by atoms with E-state index in [9.17, 15) is 24.3 Å². The summed E-state index contributed by atoms with van der Waals surface area (Å²) in [5.41, 5.74) is -1.07. The molecule has 0 spiro atoms. The minimum atomic E-state index is -1.56. The van der Waals surface area contributed by atoms with Crippen LogP contribution in [0.5, 0.6) is 0 Å². The lowest BCUT2D eigenvalue weighted by Crippen LogP contribution is -2.45. The summed E-state index contributed by atoms with van der Waals surface area (Å²) in [4.78, 5) is 47.5. The number of rotatable bonds is 4. The molecule has 1 aliphatic rings. The molecule has 3 rings (SSSR count). The van der Waals surface area contributed by atoms with E-state index in [0.717, 1.165) is 25.7 Å². The molecule has 0 bridgehead atoms. The van der Waals surface area contributed by atoms with Gasteiger partial charge in [0.1, 0.15) is 12.2 Å². The molecule has 0 unspecified atom stereocenters. The van der Waals surface area contributed by atoms with Crippen molar-refractivity contribution < 1.29 is 19.5 Å². The molecule has 2 N–H and O–H groups in total. The zero-order valence-corrected chi connectivity index (χ0v) is 13.9. The fourth-order valence-corrected chi connectivity index (χ4v) is 3.09. The minimum Gasteiger partial charge on any atom is -0.543 e. The fraction of sp³-hybridized carbons (Fsp3) is 0.353. The first-order valence-electron chi connectivity index (χ1n) is 8.27. The lowest BCUT2D eigenvalue weighted by molar-refractivity contribution is -0.255. The molecule has 1 fully saturated rings. The number of nitrogens with zero attached hydrogens (tertiary/aromatic N) is 2. The topological polar surface area (TPSA) is 133 Å². The van der Waals surface area contributed by atoms with Crippen LogP contribution in [0.1, 0.15) is 36.2 Å². The van der Waals surface area contributed by atoms with Crippen molar-refractivity contribution in [2.24, 2.45) is 0 Å². The molecular formula is C17H17N4O5-. The molecule has 3 amide bonds. The average Bonchev–Trinajstić information content (AvgIpc) is 3.09. The Kier molecular flexibility index (Phi) is 4.97. The molecule has 136 valence electrons. The molecule has 0 aliphatic heterocycles. The molecule has 0 atom stereocenters. The van der Waals surface area contributed by atoms with Crippen LogP contribution in [-0.4, -0.2) is 33.7 Å². The SMILES string of the molecule is O=C(Cn1nc(C(=O)[O-])c2ccccc2c1=O)NC(=O)NC1CCCC1. The molecule has 2 aromatic rings. The number of hydrogen-bond acceptors (Lipinski definition) is 6. The van der Waals surface area contributed by atoms with Gasteiger partial charge in [-0.05, 0) is 18.9 Å². The third-order valence-electron chi connectivity index (χ3n) is 4.30. The van der Waals surface area contributed by atoms with Crippen LogP contribution in [0.25, 0.3) is 10.8 Å². The maximum Gasteiger partial charge on any atom is 0.321 e. The van der Waals surface area contributed by atoms with E-state index < -0.39 is 35.7 Å². The highest BCUT2D eigenvalue weighted by molar-refractivity contribution is 6.00. The molecule has 26 heavy (non-hydrogen) atoms. The van der Waals surface area contributed by atoms with Gasteiger partial charge in [0.05, 0.1) is 11.4 Å². The van der Waals surface area contributed by atoms with Gasteiger partial charge < -0.3 is 15.2 Å². The Morgan fingerprint density at radius 2 is 1.81 bits per heavy atom. The van der Waals surface area contributed by atoms with Crippen molar-refractivity contribution in [3.05, 3.63) is 40.3 Å². The second-order valence-corrected chi connectivity index (χ2v) is 6.15. The minimum absolute atomic E-state index is 0.0361. The number of aromatic carboxylic acids is 1. The summed E-state index contributed by atoms with van der Waals surface area (Å²) in [6.07, 6.45) is 3.78.